The maximum Gasteiger partial charge on any atom is 0.235 e. The molecule has 15 heavy (non-hydrogen) atoms. The van der Waals surface area contributed by atoms with E-state index in [2.05, 4.69) is 4.98 Å². The molecule has 1 aromatic rings. The molecule has 1 aromatic heterocycles. The fraction of sp³-hybridized carbons (Fsp3) is 0.455. The van der Waals surface area contributed by atoms with Crippen molar-refractivity contribution in [2.75, 3.05) is 18.6 Å². The molecule has 4 heteroatoms. The molecule has 1 N–H and O–H groups in total. The molecule has 0 spiro atoms. The van der Waals surface area contributed by atoms with Crippen molar-refractivity contribution in [2.45, 2.75) is 12.8 Å². The molecule has 2 rings (SSSR count). The monoisotopic (exact) mass is 206 g/mol. The standard InChI is InChI=1S/C11H14N2O2/c1-13(9-3-2-6-12-7-9)10(15)11(8-14)4-5-11/h2-3,6-7,14H,4-5,8H2,1H3. The van der Waals surface area contributed by atoms with Crippen LogP contribution >= 0.6 is 0 Å². The molecule has 1 aliphatic carbocycles. The molecular weight excluding hydrogens is 192 g/mol. The average molecular weight is 206 g/mol. The number of carbonyl (C=O) groups is 1. The van der Waals surface area contributed by atoms with Crippen LogP contribution in [0.15, 0.2) is 24.5 Å². The van der Waals surface area contributed by atoms with Crippen LogP contribution in [0.4, 0.5) is 5.69 Å². The Labute approximate surface area is 88.6 Å². The molecule has 0 bridgehead atoms. The van der Waals surface area contributed by atoms with Gasteiger partial charge in [0.25, 0.3) is 0 Å². The van der Waals surface area contributed by atoms with Crippen LogP contribution in [0, 0.1) is 5.41 Å². The maximum atomic E-state index is 12.0. The number of aliphatic hydroxyl groups excluding tert-OH is 1. The molecule has 80 valence electrons. The number of hydrogen-bond donors (Lipinski definition) is 1. The fourth-order valence-corrected chi connectivity index (χ4v) is 1.62. The van der Waals surface area contributed by atoms with E-state index in [0.717, 1.165) is 18.5 Å². The number of rotatable bonds is 3. The molecule has 1 saturated carbocycles. The lowest BCUT2D eigenvalue weighted by molar-refractivity contribution is -0.124. The Kier molecular flexibility index (Phi) is 2.44. The molecule has 1 fully saturated rings. The van der Waals surface area contributed by atoms with Gasteiger partial charge in [0, 0.05) is 13.2 Å². The van der Waals surface area contributed by atoms with Gasteiger partial charge >= 0.3 is 0 Å². The maximum absolute atomic E-state index is 12.0. The van der Waals surface area contributed by atoms with Gasteiger partial charge in [0.2, 0.25) is 5.91 Å². The van der Waals surface area contributed by atoms with Gasteiger partial charge < -0.3 is 10.0 Å². The van der Waals surface area contributed by atoms with E-state index in [1.54, 1.807) is 30.4 Å². The first-order chi connectivity index (χ1) is 7.19. The van der Waals surface area contributed by atoms with Crippen LogP contribution in [0.5, 0.6) is 0 Å². The van der Waals surface area contributed by atoms with Crippen molar-refractivity contribution in [2.24, 2.45) is 5.41 Å². The van der Waals surface area contributed by atoms with Gasteiger partial charge in [0.1, 0.15) is 0 Å². The molecule has 0 radical (unpaired) electrons. The van der Waals surface area contributed by atoms with Crippen molar-refractivity contribution in [3.05, 3.63) is 24.5 Å². The number of carbonyl (C=O) groups excluding carboxylic acids is 1. The lowest BCUT2D eigenvalue weighted by Gasteiger charge is -2.21. The fourth-order valence-electron chi connectivity index (χ4n) is 1.62. The SMILES string of the molecule is CN(C(=O)C1(CO)CC1)c1cccnc1. The Bertz CT molecular complexity index is 360. The Morgan fingerprint density at radius 1 is 1.67 bits per heavy atom. The zero-order chi connectivity index (χ0) is 10.9. The van der Waals surface area contributed by atoms with Crippen molar-refractivity contribution in [1.29, 1.82) is 0 Å². The molecule has 0 aliphatic heterocycles. The summed E-state index contributed by atoms with van der Waals surface area (Å²) in [7, 11) is 1.72. The van der Waals surface area contributed by atoms with Gasteiger partial charge in [-0.05, 0) is 25.0 Å². The second kappa shape index (κ2) is 3.62. The molecule has 0 saturated heterocycles. The molecular formula is C11H14N2O2. The highest BCUT2D eigenvalue weighted by atomic mass is 16.3. The van der Waals surface area contributed by atoms with E-state index in [1.807, 2.05) is 6.07 Å². The summed E-state index contributed by atoms with van der Waals surface area (Å²) in [6.07, 6.45) is 4.88. The third kappa shape index (κ3) is 1.72. The highest BCUT2D eigenvalue weighted by molar-refractivity contribution is 5.98. The van der Waals surface area contributed by atoms with Gasteiger partial charge in [0.15, 0.2) is 0 Å². The summed E-state index contributed by atoms with van der Waals surface area (Å²) in [5, 5.41) is 9.16. The average Bonchev–Trinajstić information content (AvgIpc) is 3.09. The Balaban J connectivity index is 2.15. The predicted molar refractivity (Wildman–Crippen MR) is 56.4 cm³/mol. The van der Waals surface area contributed by atoms with Gasteiger partial charge in [-0.15, -0.1) is 0 Å². The van der Waals surface area contributed by atoms with E-state index >= 15 is 0 Å². The third-order valence-corrected chi connectivity index (χ3v) is 2.95. The number of pyridine rings is 1. The Morgan fingerprint density at radius 3 is 2.87 bits per heavy atom. The Hall–Kier alpha value is -1.42. The molecule has 0 aromatic carbocycles. The minimum Gasteiger partial charge on any atom is -0.395 e. The normalized spacial score (nSPS) is 17.2. The highest BCUT2D eigenvalue weighted by Gasteiger charge is 2.50. The minimum absolute atomic E-state index is 0.0157. The van der Waals surface area contributed by atoms with E-state index in [1.165, 1.54) is 0 Å². The number of hydrogen-bond acceptors (Lipinski definition) is 3. The number of nitrogens with zero attached hydrogens (tertiary/aromatic N) is 2. The lowest BCUT2D eigenvalue weighted by Crippen LogP contribution is -2.36. The van der Waals surface area contributed by atoms with Crippen LogP contribution in [0.1, 0.15) is 12.8 Å². The van der Waals surface area contributed by atoms with Gasteiger partial charge in [-0.1, -0.05) is 0 Å². The summed E-state index contributed by atoms with van der Waals surface area (Å²) >= 11 is 0. The van der Waals surface area contributed by atoms with Gasteiger partial charge in [-0.25, -0.2) is 0 Å². The summed E-state index contributed by atoms with van der Waals surface area (Å²) in [5.41, 5.74) is 0.257. The first kappa shape index (κ1) is 10.1. The summed E-state index contributed by atoms with van der Waals surface area (Å²) in [6.45, 7) is -0.0591. The minimum atomic E-state index is -0.509. The molecule has 0 atom stereocenters. The predicted octanol–water partition coefficient (Wildman–Crippen LogP) is 0.817. The number of amides is 1. The number of anilines is 1. The second-order valence-corrected chi connectivity index (χ2v) is 4.01. The zero-order valence-electron chi connectivity index (χ0n) is 8.68. The van der Waals surface area contributed by atoms with Crippen molar-refractivity contribution in [3.8, 4) is 0 Å². The third-order valence-electron chi connectivity index (χ3n) is 2.95. The Morgan fingerprint density at radius 2 is 2.40 bits per heavy atom. The zero-order valence-corrected chi connectivity index (χ0v) is 8.68. The van der Waals surface area contributed by atoms with Gasteiger partial charge in [-0.3, -0.25) is 9.78 Å². The molecule has 1 amide bonds. The molecule has 1 aliphatic rings. The van der Waals surface area contributed by atoms with Crippen LogP contribution in [0.3, 0.4) is 0 Å². The number of aliphatic hydroxyl groups is 1. The van der Waals surface area contributed by atoms with Crippen LogP contribution in [-0.4, -0.2) is 29.7 Å². The van der Waals surface area contributed by atoms with Crippen LogP contribution in [0.2, 0.25) is 0 Å². The first-order valence-corrected chi connectivity index (χ1v) is 4.99. The first-order valence-electron chi connectivity index (χ1n) is 4.99. The lowest BCUT2D eigenvalue weighted by atomic mass is 10.1. The quantitative estimate of drug-likeness (QED) is 0.796. The van der Waals surface area contributed by atoms with Crippen LogP contribution in [0.25, 0.3) is 0 Å². The molecule has 4 nitrogen and oxygen atoms in total. The van der Waals surface area contributed by atoms with E-state index in [0.29, 0.717) is 0 Å². The second-order valence-electron chi connectivity index (χ2n) is 4.01. The molecule has 1 heterocycles. The summed E-state index contributed by atoms with van der Waals surface area (Å²) < 4.78 is 0. The van der Waals surface area contributed by atoms with Crippen molar-refractivity contribution in [3.63, 3.8) is 0 Å². The largest absolute Gasteiger partial charge is 0.395 e. The van der Waals surface area contributed by atoms with Gasteiger partial charge in [0.05, 0.1) is 23.9 Å². The topological polar surface area (TPSA) is 53.4 Å². The number of aromatic nitrogens is 1. The van der Waals surface area contributed by atoms with Crippen LogP contribution < -0.4 is 4.90 Å². The van der Waals surface area contributed by atoms with E-state index in [-0.39, 0.29) is 12.5 Å². The summed E-state index contributed by atoms with van der Waals surface area (Å²) in [6, 6.07) is 3.62. The van der Waals surface area contributed by atoms with E-state index in [4.69, 9.17) is 5.11 Å². The van der Waals surface area contributed by atoms with Crippen molar-refractivity contribution < 1.29 is 9.90 Å². The summed E-state index contributed by atoms with van der Waals surface area (Å²) in [4.78, 5) is 17.5. The highest BCUT2D eigenvalue weighted by Crippen LogP contribution is 2.46. The van der Waals surface area contributed by atoms with Crippen LogP contribution in [-0.2, 0) is 4.79 Å². The van der Waals surface area contributed by atoms with E-state index in [9.17, 15) is 4.79 Å². The summed E-state index contributed by atoms with van der Waals surface area (Å²) in [5.74, 6) is -0.0157. The van der Waals surface area contributed by atoms with Crippen molar-refractivity contribution >= 4 is 11.6 Å². The smallest absolute Gasteiger partial charge is 0.235 e. The van der Waals surface area contributed by atoms with Gasteiger partial charge in [-0.2, -0.15) is 0 Å². The van der Waals surface area contributed by atoms with Crippen molar-refractivity contribution in [1.82, 2.24) is 4.98 Å². The molecule has 0 unspecified atom stereocenters. The van der Waals surface area contributed by atoms with E-state index < -0.39 is 5.41 Å².